The Morgan fingerprint density at radius 2 is 1.24 bits per heavy atom. The second-order valence-electron chi connectivity index (χ2n) is 6.80. The number of para-hydroxylation sites is 3. The van der Waals surface area contributed by atoms with Gasteiger partial charge in [0.1, 0.15) is 5.84 Å². The van der Waals surface area contributed by atoms with Crippen molar-refractivity contribution in [2.75, 3.05) is 4.90 Å². The second-order valence-corrected chi connectivity index (χ2v) is 7.67. The van der Waals surface area contributed by atoms with E-state index in [0.717, 1.165) is 39.6 Å². The van der Waals surface area contributed by atoms with E-state index in [-0.39, 0.29) is 0 Å². The molecular formula is C25H16Cl2N2. The third-order valence-corrected chi connectivity index (χ3v) is 5.35. The number of anilines is 2. The number of rotatable bonds is 2. The van der Waals surface area contributed by atoms with E-state index in [4.69, 9.17) is 28.2 Å². The summed E-state index contributed by atoms with van der Waals surface area (Å²) in [6, 6.07) is 32.3. The van der Waals surface area contributed by atoms with Crippen molar-refractivity contribution in [1.82, 2.24) is 0 Å². The summed E-state index contributed by atoms with van der Waals surface area (Å²) in [5.41, 5.74) is 6.05. The number of nitrogens with zero attached hydrogens (tertiary/aromatic N) is 2. The quantitative estimate of drug-likeness (QED) is 0.325. The van der Waals surface area contributed by atoms with Gasteiger partial charge in [0.2, 0.25) is 0 Å². The van der Waals surface area contributed by atoms with Gasteiger partial charge in [0, 0.05) is 32.4 Å². The molecule has 0 unspecified atom stereocenters. The zero-order chi connectivity index (χ0) is 19.8. The van der Waals surface area contributed by atoms with Crippen molar-refractivity contribution in [3.05, 3.63) is 113 Å². The van der Waals surface area contributed by atoms with Crippen LogP contribution < -0.4 is 4.90 Å². The van der Waals surface area contributed by atoms with Crippen LogP contribution in [0.25, 0.3) is 11.1 Å². The molecule has 4 aromatic rings. The maximum Gasteiger partial charge on any atom is 0.145 e. The molecule has 140 valence electrons. The summed E-state index contributed by atoms with van der Waals surface area (Å²) in [7, 11) is 0. The molecule has 0 saturated heterocycles. The Kier molecular flexibility index (Phi) is 4.59. The van der Waals surface area contributed by atoms with Crippen LogP contribution in [0.3, 0.4) is 0 Å². The van der Waals surface area contributed by atoms with Gasteiger partial charge in [0.15, 0.2) is 0 Å². The Bertz CT molecular complexity index is 1210. The predicted molar refractivity (Wildman–Crippen MR) is 123 cm³/mol. The number of benzene rings is 4. The molecule has 0 N–H and O–H groups in total. The normalized spacial score (nSPS) is 12.6. The van der Waals surface area contributed by atoms with Crippen LogP contribution in [0.15, 0.2) is 102 Å². The monoisotopic (exact) mass is 414 g/mol. The first-order valence-corrected chi connectivity index (χ1v) is 10.0. The van der Waals surface area contributed by atoms with Crippen LogP contribution in [0.4, 0.5) is 17.1 Å². The van der Waals surface area contributed by atoms with E-state index in [0.29, 0.717) is 10.0 Å². The van der Waals surface area contributed by atoms with Gasteiger partial charge in [-0.2, -0.15) is 0 Å². The van der Waals surface area contributed by atoms with Crippen molar-refractivity contribution in [1.29, 1.82) is 0 Å². The minimum Gasteiger partial charge on any atom is -0.294 e. The highest BCUT2D eigenvalue weighted by Gasteiger charge is 2.25. The molecule has 1 aliphatic heterocycles. The molecule has 0 atom stereocenters. The molecule has 2 nitrogen and oxygen atoms in total. The summed E-state index contributed by atoms with van der Waals surface area (Å²) < 4.78 is 0. The van der Waals surface area contributed by atoms with Crippen molar-refractivity contribution in [2.45, 2.75) is 0 Å². The van der Waals surface area contributed by atoms with Gasteiger partial charge in [0.05, 0.1) is 11.4 Å². The summed E-state index contributed by atoms with van der Waals surface area (Å²) >= 11 is 12.7. The largest absolute Gasteiger partial charge is 0.294 e. The highest BCUT2D eigenvalue weighted by atomic mass is 35.5. The first-order valence-electron chi connectivity index (χ1n) is 9.29. The Labute approximate surface area is 179 Å². The van der Waals surface area contributed by atoms with Crippen molar-refractivity contribution < 1.29 is 0 Å². The topological polar surface area (TPSA) is 15.6 Å². The fraction of sp³-hybridized carbons (Fsp3) is 0. The molecule has 1 heterocycles. The maximum atomic E-state index is 6.35. The lowest BCUT2D eigenvalue weighted by Crippen LogP contribution is -2.26. The summed E-state index contributed by atoms with van der Waals surface area (Å²) in [5.74, 6) is 0.776. The lowest BCUT2D eigenvalue weighted by molar-refractivity contribution is 1.33. The molecule has 0 spiro atoms. The van der Waals surface area contributed by atoms with Crippen LogP contribution in [0.1, 0.15) is 5.56 Å². The van der Waals surface area contributed by atoms with Crippen molar-refractivity contribution in [2.24, 2.45) is 4.99 Å². The summed E-state index contributed by atoms with van der Waals surface area (Å²) in [6.45, 7) is 0. The van der Waals surface area contributed by atoms with E-state index in [9.17, 15) is 0 Å². The van der Waals surface area contributed by atoms with Gasteiger partial charge in [-0.15, -0.1) is 0 Å². The molecule has 4 aromatic carbocycles. The van der Waals surface area contributed by atoms with E-state index in [1.54, 1.807) is 6.07 Å². The minimum absolute atomic E-state index is 0.578. The summed E-state index contributed by atoms with van der Waals surface area (Å²) in [4.78, 5) is 7.25. The zero-order valence-corrected chi connectivity index (χ0v) is 16.9. The Balaban J connectivity index is 1.87. The van der Waals surface area contributed by atoms with Gasteiger partial charge in [0.25, 0.3) is 0 Å². The lowest BCUT2D eigenvalue weighted by Gasteiger charge is -2.27. The molecule has 5 rings (SSSR count). The number of aliphatic imine (C=N–C) groups is 1. The average Bonchev–Trinajstić information content (AvgIpc) is 2.88. The van der Waals surface area contributed by atoms with Gasteiger partial charge in [-0.05, 0) is 42.5 Å². The third-order valence-electron chi connectivity index (χ3n) is 4.91. The molecule has 0 saturated carbocycles. The van der Waals surface area contributed by atoms with Crippen LogP contribution in [-0.4, -0.2) is 5.84 Å². The van der Waals surface area contributed by atoms with Crippen LogP contribution in [0.2, 0.25) is 10.0 Å². The highest BCUT2D eigenvalue weighted by molar-refractivity contribution is 6.35. The van der Waals surface area contributed by atoms with E-state index in [1.165, 1.54) is 0 Å². The van der Waals surface area contributed by atoms with E-state index < -0.39 is 0 Å². The van der Waals surface area contributed by atoms with Crippen molar-refractivity contribution >= 4 is 46.1 Å². The van der Waals surface area contributed by atoms with Gasteiger partial charge < -0.3 is 0 Å². The lowest BCUT2D eigenvalue weighted by atomic mass is 10.0. The maximum absolute atomic E-state index is 6.35. The SMILES string of the molecule is Clc1cc(Cl)cc(C2=Nc3ccccc3-c3ccccc3N2c2ccccc2)c1. The Morgan fingerprint density at radius 1 is 0.621 bits per heavy atom. The fourth-order valence-electron chi connectivity index (χ4n) is 3.69. The van der Waals surface area contributed by atoms with Crippen LogP contribution in [0, 0.1) is 0 Å². The van der Waals surface area contributed by atoms with Crippen LogP contribution in [-0.2, 0) is 0 Å². The molecule has 0 amide bonds. The summed E-state index contributed by atoms with van der Waals surface area (Å²) in [5, 5.41) is 1.16. The first kappa shape index (κ1) is 18.0. The predicted octanol–water partition coefficient (Wildman–Crippen LogP) is 7.89. The zero-order valence-electron chi connectivity index (χ0n) is 15.4. The van der Waals surface area contributed by atoms with Gasteiger partial charge >= 0.3 is 0 Å². The van der Waals surface area contributed by atoms with E-state index in [1.807, 2.05) is 54.6 Å². The van der Waals surface area contributed by atoms with Gasteiger partial charge in [-0.25, -0.2) is 4.99 Å². The molecule has 0 aromatic heterocycles. The second kappa shape index (κ2) is 7.40. The molecule has 0 bridgehead atoms. The molecule has 0 fully saturated rings. The highest BCUT2D eigenvalue weighted by Crippen LogP contribution is 2.43. The van der Waals surface area contributed by atoms with Crippen molar-refractivity contribution in [3.8, 4) is 11.1 Å². The molecule has 0 aliphatic carbocycles. The standard InChI is InChI=1S/C25H16Cl2N2/c26-18-14-17(15-19(27)16-18)25-28-23-12-6-4-10-21(23)22-11-5-7-13-24(22)29(25)20-8-2-1-3-9-20/h1-16H. The Hall–Kier alpha value is -3.07. The van der Waals surface area contributed by atoms with E-state index in [2.05, 4.69) is 41.3 Å². The summed E-state index contributed by atoms with van der Waals surface area (Å²) in [6.07, 6.45) is 0. The number of hydrogen-bond acceptors (Lipinski definition) is 2. The number of halogens is 2. The number of fused-ring (bicyclic) bond motifs is 3. The number of hydrogen-bond donors (Lipinski definition) is 0. The Morgan fingerprint density at radius 3 is 2.00 bits per heavy atom. The fourth-order valence-corrected chi connectivity index (χ4v) is 4.21. The molecular weight excluding hydrogens is 399 g/mol. The van der Waals surface area contributed by atoms with Crippen LogP contribution in [0.5, 0.6) is 0 Å². The average molecular weight is 415 g/mol. The third kappa shape index (κ3) is 3.31. The van der Waals surface area contributed by atoms with Crippen LogP contribution >= 0.6 is 23.2 Å². The first-order chi connectivity index (χ1) is 14.2. The smallest absolute Gasteiger partial charge is 0.145 e. The number of amidine groups is 1. The van der Waals surface area contributed by atoms with Gasteiger partial charge in [-0.3, -0.25) is 4.90 Å². The minimum atomic E-state index is 0.578. The molecule has 0 radical (unpaired) electrons. The molecule has 4 heteroatoms. The van der Waals surface area contributed by atoms with Gasteiger partial charge in [-0.1, -0.05) is 77.8 Å². The van der Waals surface area contributed by atoms with E-state index >= 15 is 0 Å². The molecule has 29 heavy (non-hydrogen) atoms. The molecule has 1 aliphatic rings. The van der Waals surface area contributed by atoms with Crippen molar-refractivity contribution in [3.63, 3.8) is 0 Å².